The second-order valence-corrected chi connectivity index (χ2v) is 4.61. The number of carbonyl (C=O) groups is 1. The fourth-order valence-electron chi connectivity index (χ4n) is 1.77. The molecule has 1 heterocycles. The summed E-state index contributed by atoms with van der Waals surface area (Å²) >= 11 is 0. The molecule has 19 heavy (non-hydrogen) atoms. The molecule has 0 aliphatic heterocycles. The number of hydrogen-bond donors (Lipinski definition) is 0. The van der Waals surface area contributed by atoms with Crippen LogP contribution in [-0.4, -0.2) is 37.1 Å². The maximum absolute atomic E-state index is 12.4. The molecular weight excluding hydrogens is 242 g/mol. The predicted octanol–water partition coefficient (Wildman–Crippen LogP) is 1.26. The molecule has 0 saturated heterocycles. The Bertz CT molecular complexity index is 549. The van der Waals surface area contributed by atoms with Crippen LogP contribution in [0.15, 0.2) is 30.3 Å². The summed E-state index contributed by atoms with van der Waals surface area (Å²) in [6.45, 7) is 4.48. The second-order valence-electron chi connectivity index (χ2n) is 4.61. The van der Waals surface area contributed by atoms with Gasteiger partial charge >= 0.3 is 0 Å². The molecule has 0 unspecified atom stereocenters. The molecule has 0 atom stereocenters. The Kier molecular flexibility index (Phi) is 3.89. The molecule has 0 fully saturated rings. The lowest BCUT2D eigenvalue weighted by Crippen LogP contribution is -2.37. The Labute approximate surface area is 112 Å². The number of aryl methyl sites for hydroxylation is 1. The van der Waals surface area contributed by atoms with E-state index in [2.05, 4.69) is 15.4 Å². The van der Waals surface area contributed by atoms with E-state index in [0.717, 1.165) is 5.56 Å². The van der Waals surface area contributed by atoms with Crippen molar-refractivity contribution >= 4 is 5.91 Å². The van der Waals surface area contributed by atoms with Gasteiger partial charge in [0.2, 0.25) is 0 Å². The smallest absolute Gasteiger partial charge is 0.295 e. The Morgan fingerprint density at radius 3 is 2.53 bits per heavy atom. The predicted molar refractivity (Wildman–Crippen MR) is 70.2 cm³/mol. The van der Waals surface area contributed by atoms with E-state index in [1.54, 1.807) is 11.9 Å². The summed E-state index contributed by atoms with van der Waals surface area (Å²) in [6.07, 6.45) is 0. The third kappa shape index (κ3) is 3.15. The number of carbonyl (C=O) groups excluding carboxylic acids is 1. The molecule has 0 saturated carbocycles. The highest BCUT2D eigenvalue weighted by molar-refractivity contribution is 5.90. The van der Waals surface area contributed by atoms with Crippen molar-refractivity contribution in [2.24, 2.45) is 7.05 Å². The molecule has 1 amide bonds. The van der Waals surface area contributed by atoms with Crippen LogP contribution in [-0.2, 0) is 13.6 Å². The molecule has 0 bridgehead atoms. The highest BCUT2D eigenvalue weighted by atomic mass is 16.2. The maximum Gasteiger partial charge on any atom is 0.295 e. The lowest BCUT2D eigenvalue weighted by Gasteiger charge is -2.25. The fraction of sp³-hybridized carbons (Fsp3) is 0.385. The number of rotatable bonds is 4. The Morgan fingerprint density at radius 1 is 1.32 bits per heavy atom. The van der Waals surface area contributed by atoms with Crippen molar-refractivity contribution in [1.82, 2.24) is 25.1 Å². The standard InChI is InChI=1S/C13H17N5O/c1-10(2)18(9-11-7-5-4-6-8-11)13(19)12-14-16-17(3)15-12/h4-8,10H,9H2,1-3H3. The van der Waals surface area contributed by atoms with Gasteiger partial charge in [0, 0.05) is 12.6 Å². The van der Waals surface area contributed by atoms with Crippen molar-refractivity contribution in [2.75, 3.05) is 0 Å². The quantitative estimate of drug-likeness (QED) is 0.829. The normalized spacial score (nSPS) is 10.7. The van der Waals surface area contributed by atoms with Gasteiger partial charge in [0.25, 0.3) is 11.7 Å². The van der Waals surface area contributed by atoms with Gasteiger partial charge in [-0.15, -0.1) is 10.2 Å². The molecule has 2 aromatic rings. The van der Waals surface area contributed by atoms with Gasteiger partial charge in [0.15, 0.2) is 0 Å². The van der Waals surface area contributed by atoms with Gasteiger partial charge in [-0.25, -0.2) is 0 Å². The molecule has 0 aliphatic carbocycles. The van der Waals surface area contributed by atoms with Crippen molar-refractivity contribution in [1.29, 1.82) is 0 Å². The van der Waals surface area contributed by atoms with Crippen molar-refractivity contribution in [3.8, 4) is 0 Å². The number of amides is 1. The van der Waals surface area contributed by atoms with Crippen molar-refractivity contribution in [3.63, 3.8) is 0 Å². The summed E-state index contributed by atoms with van der Waals surface area (Å²) in [6, 6.07) is 9.92. The molecule has 1 aromatic carbocycles. The molecule has 2 rings (SSSR count). The minimum Gasteiger partial charge on any atom is -0.329 e. The molecule has 6 nitrogen and oxygen atoms in total. The average molecular weight is 259 g/mol. The van der Waals surface area contributed by atoms with Crippen LogP contribution in [0.5, 0.6) is 0 Å². The number of aromatic nitrogens is 4. The van der Waals surface area contributed by atoms with E-state index in [9.17, 15) is 4.79 Å². The van der Waals surface area contributed by atoms with Gasteiger partial charge in [-0.3, -0.25) is 4.79 Å². The van der Waals surface area contributed by atoms with Gasteiger partial charge in [0.1, 0.15) is 0 Å². The first-order valence-electron chi connectivity index (χ1n) is 6.17. The van der Waals surface area contributed by atoms with Gasteiger partial charge in [-0.05, 0) is 24.6 Å². The first kappa shape index (κ1) is 13.2. The van der Waals surface area contributed by atoms with Crippen LogP contribution in [0.4, 0.5) is 0 Å². The lowest BCUT2D eigenvalue weighted by atomic mass is 10.2. The summed E-state index contributed by atoms with van der Waals surface area (Å²) in [4.78, 5) is 15.4. The molecular formula is C13H17N5O. The van der Waals surface area contributed by atoms with Crippen LogP contribution in [0.2, 0.25) is 0 Å². The van der Waals surface area contributed by atoms with Gasteiger partial charge in [-0.1, -0.05) is 30.3 Å². The van der Waals surface area contributed by atoms with Crippen LogP contribution >= 0.6 is 0 Å². The van der Waals surface area contributed by atoms with Crippen LogP contribution in [0.3, 0.4) is 0 Å². The van der Waals surface area contributed by atoms with E-state index in [-0.39, 0.29) is 17.8 Å². The van der Waals surface area contributed by atoms with E-state index in [4.69, 9.17) is 0 Å². The molecule has 0 aliphatic rings. The SMILES string of the molecule is CC(C)N(Cc1ccccc1)C(=O)c1nnn(C)n1. The van der Waals surface area contributed by atoms with E-state index in [1.165, 1.54) is 4.80 Å². The average Bonchev–Trinajstić information content (AvgIpc) is 2.83. The topological polar surface area (TPSA) is 63.9 Å². The zero-order chi connectivity index (χ0) is 13.8. The van der Waals surface area contributed by atoms with Crippen LogP contribution in [0.25, 0.3) is 0 Å². The van der Waals surface area contributed by atoms with E-state index >= 15 is 0 Å². The number of tetrazole rings is 1. The fourth-order valence-corrected chi connectivity index (χ4v) is 1.77. The summed E-state index contributed by atoms with van der Waals surface area (Å²) in [5.41, 5.74) is 1.08. The zero-order valence-corrected chi connectivity index (χ0v) is 11.3. The molecule has 100 valence electrons. The van der Waals surface area contributed by atoms with Crippen molar-refractivity contribution < 1.29 is 4.79 Å². The Morgan fingerprint density at radius 2 is 2.00 bits per heavy atom. The third-order valence-corrected chi connectivity index (χ3v) is 2.78. The number of hydrogen-bond acceptors (Lipinski definition) is 4. The van der Waals surface area contributed by atoms with Crippen molar-refractivity contribution in [3.05, 3.63) is 41.7 Å². The van der Waals surface area contributed by atoms with E-state index < -0.39 is 0 Å². The van der Waals surface area contributed by atoms with Crippen LogP contribution in [0, 0.1) is 0 Å². The largest absolute Gasteiger partial charge is 0.329 e. The first-order valence-corrected chi connectivity index (χ1v) is 6.17. The zero-order valence-electron chi connectivity index (χ0n) is 11.3. The molecule has 0 N–H and O–H groups in total. The van der Waals surface area contributed by atoms with Crippen molar-refractivity contribution in [2.45, 2.75) is 26.4 Å². The summed E-state index contributed by atoms with van der Waals surface area (Å²) in [5, 5.41) is 11.4. The molecule has 1 aromatic heterocycles. The van der Waals surface area contributed by atoms with Gasteiger partial charge < -0.3 is 4.90 Å². The Hall–Kier alpha value is -2.24. The highest BCUT2D eigenvalue weighted by Crippen LogP contribution is 2.10. The number of benzene rings is 1. The molecule has 0 radical (unpaired) electrons. The van der Waals surface area contributed by atoms with Gasteiger partial charge in [0.05, 0.1) is 7.05 Å². The van der Waals surface area contributed by atoms with Crippen LogP contribution < -0.4 is 0 Å². The first-order chi connectivity index (χ1) is 9.08. The monoisotopic (exact) mass is 259 g/mol. The minimum atomic E-state index is -0.202. The minimum absolute atomic E-state index is 0.0662. The summed E-state index contributed by atoms with van der Waals surface area (Å²) in [5.74, 6) is -0.0703. The molecule has 6 heteroatoms. The van der Waals surface area contributed by atoms with E-state index in [0.29, 0.717) is 6.54 Å². The number of nitrogens with zero attached hydrogens (tertiary/aromatic N) is 5. The lowest BCUT2D eigenvalue weighted by molar-refractivity contribution is 0.0677. The van der Waals surface area contributed by atoms with E-state index in [1.807, 2.05) is 44.2 Å². The molecule has 0 spiro atoms. The van der Waals surface area contributed by atoms with Gasteiger partial charge in [-0.2, -0.15) is 4.80 Å². The van der Waals surface area contributed by atoms with Crippen LogP contribution in [0.1, 0.15) is 30.0 Å². The summed E-state index contributed by atoms with van der Waals surface area (Å²) in [7, 11) is 1.64. The summed E-state index contributed by atoms with van der Waals surface area (Å²) < 4.78 is 0. The Balaban J connectivity index is 2.19. The maximum atomic E-state index is 12.4. The second kappa shape index (κ2) is 5.60. The highest BCUT2D eigenvalue weighted by Gasteiger charge is 2.22. The third-order valence-electron chi connectivity index (χ3n) is 2.78.